The van der Waals surface area contributed by atoms with Crippen molar-refractivity contribution in [2.24, 2.45) is 0 Å². The molecule has 1 aromatic rings. The quantitative estimate of drug-likeness (QED) is 0.568. The second-order valence-corrected chi connectivity index (χ2v) is 5.22. The monoisotopic (exact) mass is 202 g/mol. The summed E-state index contributed by atoms with van der Waals surface area (Å²) in [5.41, 5.74) is 7.23. The van der Waals surface area contributed by atoms with Gasteiger partial charge in [0.15, 0.2) is 5.71 Å². The third-order valence-corrected chi connectivity index (χ3v) is 4.05. The van der Waals surface area contributed by atoms with Gasteiger partial charge in [-0.25, -0.2) is 4.58 Å². The Labute approximate surface area is 92.5 Å². The fraction of sp³-hybridized carbons (Fsp3) is 0.500. The van der Waals surface area contributed by atoms with Crippen molar-refractivity contribution in [3.8, 4) is 0 Å². The zero-order chi connectivity index (χ0) is 11.4. The fourth-order valence-corrected chi connectivity index (χ4v) is 2.37. The van der Waals surface area contributed by atoms with Crippen molar-refractivity contribution in [2.75, 3.05) is 7.05 Å². The van der Waals surface area contributed by atoms with E-state index in [0.29, 0.717) is 0 Å². The maximum absolute atomic E-state index is 2.34. The van der Waals surface area contributed by atoms with Crippen LogP contribution in [-0.2, 0) is 5.41 Å². The summed E-state index contributed by atoms with van der Waals surface area (Å²) in [6.07, 6.45) is 0. The van der Waals surface area contributed by atoms with Gasteiger partial charge in [-0.2, -0.15) is 0 Å². The van der Waals surface area contributed by atoms with Crippen LogP contribution in [0.4, 0.5) is 5.69 Å². The second kappa shape index (κ2) is 2.94. The molecule has 0 atom stereocenters. The molecule has 2 rings (SSSR count). The van der Waals surface area contributed by atoms with E-state index in [0.717, 1.165) is 0 Å². The Balaban J connectivity index is 2.76. The molecule has 1 nitrogen and oxygen atoms in total. The molecule has 0 unspecified atom stereocenters. The van der Waals surface area contributed by atoms with Crippen LogP contribution in [0.1, 0.15) is 37.5 Å². The highest BCUT2D eigenvalue weighted by Crippen LogP contribution is 2.39. The predicted octanol–water partition coefficient (Wildman–Crippen LogP) is 3.33. The summed E-state index contributed by atoms with van der Waals surface area (Å²) in [5, 5.41) is 0. The first-order chi connectivity index (χ1) is 6.85. The number of fused-ring (bicyclic) bond motifs is 1. The van der Waals surface area contributed by atoms with Crippen LogP contribution in [-0.4, -0.2) is 17.3 Å². The van der Waals surface area contributed by atoms with Gasteiger partial charge in [0.2, 0.25) is 5.69 Å². The number of nitrogens with zero attached hydrogens (tertiary/aromatic N) is 1. The first kappa shape index (κ1) is 10.4. The zero-order valence-electron chi connectivity index (χ0n) is 10.6. The summed E-state index contributed by atoms with van der Waals surface area (Å²) in [6, 6.07) is 4.65. The molecular weight excluding hydrogens is 182 g/mol. The summed E-state index contributed by atoms with van der Waals surface area (Å²) >= 11 is 0. The van der Waals surface area contributed by atoms with E-state index < -0.39 is 0 Å². The van der Waals surface area contributed by atoms with Crippen molar-refractivity contribution < 1.29 is 4.58 Å². The number of rotatable bonds is 0. The lowest BCUT2D eigenvalue weighted by Crippen LogP contribution is -2.25. The average molecular weight is 202 g/mol. The van der Waals surface area contributed by atoms with E-state index in [4.69, 9.17) is 0 Å². The van der Waals surface area contributed by atoms with Crippen LogP contribution in [0.25, 0.3) is 0 Å². The highest BCUT2D eigenvalue weighted by Gasteiger charge is 2.41. The van der Waals surface area contributed by atoms with Gasteiger partial charge in [0.25, 0.3) is 0 Å². The fourth-order valence-electron chi connectivity index (χ4n) is 2.37. The maximum Gasteiger partial charge on any atom is 0.209 e. The largest absolute Gasteiger partial charge is 0.209 e. The highest BCUT2D eigenvalue weighted by molar-refractivity contribution is 5.93. The predicted molar refractivity (Wildman–Crippen MR) is 65.5 cm³/mol. The van der Waals surface area contributed by atoms with Crippen LogP contribution in [0.15, 0.2) is 12.1 Å². The molecule has 1 aliphatic heterocycles. The van der Waals surface area contributed by atoms with E-state index in [1.807, 2.05) is 0 Å². The molecule has 0 bridgehead atoms. The minimum Gasteiger partial charge on any atom is -0.202 e. The molecule has 0 amide bonds. The van der Waals surface area contributed by atoms with E-state index in [1.165, 1.54) is 28.1 Å². The SMILES string of the molecule is CC1=[N+](C)c2cc(C)c(C)cc2C1(C)C. The molecule has 80 valence electrons. The van der Waals surface area contributed by atoms with Crippen molar-refractivity contribution in [3.05, 3.63) is 28.8 Å². The number of benzene rings is 1. The van der Waals surface area contributed by atoms with Gasteiger partial charge >= 0.3 is 0 Å². The molecule has 0 aliphatic carbocycles. The van der Waals surface area contributed by atoms with Crippen molar-refractivity contribution >= 4 is 11.4 Å². The van der Waals surface area contributed by atoms with Crippen molar-refractivity contribution in [2.45, 2.75) is 40.0 Å². The molecule has 15 heavy (non-hydrogen) atoms. The van der Waals surface area contributed by atoms with Crippen LogP contribution in [0, 0.1) is 13.8 Å². The Bertz CT molecular complexity index is 464. The molecule has 0 N–H and O–H groups in total. The third kappa shape index (κ3) is 1.26. The van der Waals surface area contributed by atoms with E-state index in [9.17, 15) is 0 Å². The van der Waals surface area contributed by atoms with E-state index >= 15 is 0 Å². The van der Waals surface area contributed by atoms with Gasteiger partial charge in [-0.15, -0.1) is 0 Å². The topological polar surface area (TPSA) is 3.01 Å². The lowest BCUT2D eigenvalue weighted by molar-refractivity contribution is -0.403. The summed E-state index contributed by atoms with van der Waals surface area (Å²) in [6.45, 7) is 11.2. The minimum absolute atomic E-state index is 0.183. The average Bonchev–Trinajstić information content (AvgIpc) is 2.32. The second-order valence-electron chi connectivity index (χ2n) is 5.22. The number of hydrogen-bond donors (Lipinski definition) is 0. The van der Waals surface area contributed by atoms with Gasteiger partial charge in [0.1, 0.15) is 7.05 Å². The first-order valence-electron chi connectivity index (χ1n) is 5.55. The molecule has 1 aromatic carbocycles. The van der Waals surface area contributed by atoms with Gasteiger partial charge in [-0.3, -0.25) is 0 Å². The molecule has 0 spiro atoms. The standard InChI is InChI=1S/C14H20N/c1-9-7-12-13(8-10(9)2)15(6)11(3)14(12,4)5/h7-8H,1-6H3/q+1. The van der Waals surface area contributed by atoms with Crippen LogP contribution >= 0.6 is 0 Å². The third-order valence-electron chi connectivity index (χ3n) is 4.05. The molecule has 0 saturated carbocycles. The molecule has 0 aromatic heterocycles. The Morgan fingerprint density at radius 1 is 1.00 bits per heavy atom. The summed E-state index contributed by atoms with van der Waals surface area (Å²) in [7, 11) is 2.16. The van der Waals surface area contributed by atoms with Gasteiger partial charge in [0.05, 0.1) is 5.41 Å². The molecule has 0 radical (unpaired) electrons. The Morgan fingerprint density at radius 2 is 1.53 bits per heavy atom. The molecule has 1 heterocycles. The number of aryl methyl sites for hydroxylation is 2. The van der Waals surface area contributed by atoms with E-state index in [1.54, 1.807) is 0 Å². The molecule has 0 saturated heterocycles. The molecule has 1 aliphatic rings. The van der Waals surface area contributed by atoms with Crippen molar-refractivity contribution in [1.82, 2.24) is 0 Å². The first-order valence-corrected chi connectivity index (χ1v) is 5.55. The van der Waals surface area contributed by atoms with E-state index in [-0.39, 0.29) is 5.41 Å². The smallest absolute Gasteiger partial charge is 0.202 e. The van der Waals surface area contributed by atoms with E-state index in [2.05, 4.69) is 58.4 Å². The molecule has 0 fully saturated rings. The molecular formula is C14H20N+. The lowest BCUT2D eigenvalue weighted by Gasteiger charge is -2.15. The summed E-state index contributed by atoms with van der Waals surface area (Å²) in [4.78, 5) is 0. The number of hydrogen-bond acceptors (Lipinski definition) is 0. The van der Waals surface area contributed by atoms with Gasteiger partial charge in [0, 0.05) is 18.6 Å². The van der Waals surface area contributed by atoms with Crippen LogP contribution in [0.3, 0.4) is 0 Å². The van der Waals surface area contributed by atoms with Gasteiger partial charge < -0.3 is 0 Å². The van der Waals surface area contributed by atoms with Gasteiger partial charge in [-0.1, -0.05) is 0 Å². The van der Waals surface area contributed by atoms with Crippen LogP contribution in [0.5, 0.6) is 0 Å². The lowest BCUT2D eigenvalue weighted by atomic mass is 9.81. The Hall–Kier alpha value is -1.11. The maximum atomic E-state index is 2.34. The van der Waals surface area contributed by atoms with Crippen molar-refractivity contribution in [3.63, 3.8) is 0 Å². The minimum atomic E-state index is 0.183. The van der Waals surface area contributed by atoms with Gasteiger partial charge in [-0.05, 0) is 44.9 Å². The molecule has 1 heteroatoms. The summed E-state index contributed by atoms with van der Waals surface area (Å²) < 4.78 is 2.32. The highest BCUT2D eigenvalue weighted by atomic mass is 15.0. The Kier molecular flexibility index (Phi) is 2.04. The van der Waals surface area contributed by atoms with Crippen LogP contribution in [0.2, 0.25) is 0 Å². The normalized spacial score (nSPS) is 18.3. The zero-order valence-corrected chi connectivity index (χ0v) is 10.6. The summed E-state index contributed by atoms with van der Waals surface area (Å²) in [5.74, 6) is 0. The van der Waals surface area contributed by atoms with Crippen molar-refractivity contribution in [1.29, 1.82) is 0 Å². The van der Waals surface area contributed by atoms with Crippen LogP contribution < -0.4 is 0 Å². The Morgan fingerprint density at radius 3 is 2.13 bits per heavy atom.